The van der Waals surface area contributed by atoms with Crippen molar-refractivity contribution in [1.29, 1.82) is 0 Å². The lowest BCUT2D eigenvalue weighted by molar-refractivity contribution is -0.255. The van der Waals surface area contributed by atoms with Crippen LogP contribution in [0.15, 0.2) is 6.07 Å². The largest absolute Gasteiger partial charge is 0.543 e. The fourth-order valence-electron chi connectivity index (χ4n) is 1.70. The Labute approximate surface area is 91.9 Å². The molecule has 1 N–H and O–H groups in total. The monoisotopic (exact) mass is 219 g/mol. The second kappa shape index (κ2) is 3.48. The number of carbonyl (C=O) groups is 1. The number of aromatic carboxylic acids is 1. The molecule has 2 heterocycles. The first-order valence-corrected chi connectivity index (χ1v) is 4.78. The maximum Gasteiger partial charge on any atom is 0.0964 e. The summed E-state index contributed by atoms with van der Waals surface area (Å²) in [7, 11) is 1.83. The van der Waals surface area contributed by atoms with Crippen LogP contribution in [0.1, 0.15) is 21.9 Å². The van der Waals surface area contributed by atoms with Gasteiger partial charge >= 0.3 is 0 Å². The molecule has 0 saturated carbocycles. The molecule has 6 nitrogen and oxygen atoms in total. The van der Waals surface area contributed by atoms with E-state index in [1.54, 1.807) is 4.68 Å². The predicted molar refractivity (Wildman–Crippen MR) is 54.6 cm³/mol. The van der Waals surface area contributed by atoms with Crippen LogP contribution < -0.4 is 5.11 Å². The zero-order valence-corrected chi connectivity index (χ0v) is 9.24. The third-order valence-electron chi connectivity index (χ3n) is 2.56. The Bertz CT molecular complexity index is 553. The van der Waals surface area contributed by atoms with Crippen molar-refractivity contribution >= 4 is 5.97 Å². The van der Waals surface area contributed by atoms with E-state index in [-0.39, 0.29) is 5.69 Å². The standard InChI is InChI=1S/C10H12N4O2/c1-5-9(6(2)14(3)13-5)7-4-8(10(15)16)12-11-7/h4H,1-3H3,(H,11,12)(H,15,16)/p-1. The average Bonchev–Trinajstić information content (AvgIpc) is 2.74. The van der Waals surface area contributed by atoms with Gasteiger partial charge in [0.15, 0.2) is 0 Å². The molecule has 0 radical (unpaired) electrons. The van der Waals surface area contributed by atoms with Crippen molar-refractivity contribution < 1.29 is 9.90 Å². The molecule has 0 aliphatic carbocycles. The maximum atomic E-state index is 10.6. The Balaban J connectivity index is 2.54. The number of nitrogens with zero attached hydrogens (tertiary/aromatic N) is 3. The number of hydrogen-bond acceptors (Lipinski definition) is 4. The van der Waals surface area contributed by atoms with Crippen molar-refractivity contribution in [1.82, 2.24) is 20.0 Å². The number of carboxylic acid groups (broad SMARTS) is 1. The second-order valence-corrected chi connectivity index (χ2v) is 3.62. The van der Waals surface area contributed by atoms with E-state index in [0.717, 1.165) is 17.0 Å². The van der Waals surface area contributed by atoms with Crippen LogP contribution in [0.5, 0.6) is 0 Å². The summed E-state index contributed by atoms with van der Waals surface area (Å²) in [6.07, 6.45) is 0. The molecule has 0 fully saturated rings. The number of aryl methyl sites for hydroxylation is 2. The van der Waals surface area contributed by atoms with Gasteiger partial charge in [0.05, 0.1) is 23.1 Å². The van der Waals surface area contributed by atoms with E-state index in [9.17, 15) is 9.90 Å². The van der Waals surface area contributed by atoms with Gasteiger partial charge in [-0.1, -0.05) is 0 Å². The van der Waals surface area contributed by atoms with Gasteiger partial charge in [0.25, 0.3) is 0 Å². The van der Waals surface area contributed by atoms with E-state index < -0.39 is 5.97 Å². The number of carbonyl (C=O) groups excluding carboxylic acids is 1. The summed E-state index contributed by atoms with van der Waals surface area (Å²) in [5.74, 6) is -1.27. The Morgan fingerprint density at radius 2 is 2.19 bits per heavy atom. The van der Waals surface area contributed by atoms with Crippen molar-refractivity contribution in [2.24, 2.45) is 7.05 Å². The van der Waals surface area contributed by atoms with Gasteiger partial charge in [-0.3, -0.25) is 9.78 Å². The topological polar surface area (TPSA) is 86.6 Å². The smallest absolute Gasteiger partial charge is 0.0964 e. The number of aromatic amines is 1. The normalized spacial score (nSPS) is 10.7. The molecule has 0 saturated heterocycles. The van der Waals surface area contributed by atoms with Gasteiger partial charge in [-0.15, -0.1) is 0 Å². The highest BCUT2D eigenvalue weighted by molar-refractivity contribution is 5.85. The lowest BCUT2D eigenvalue weighted by Gasteiger charge is -1.96. The number of rotatable bonds is 2. The lowest BCUT2D eigenvalue weighted by Crippen LogP contribution is -2.22. The molecule has 6 heteroatoms. The summed E-state index contributed by atoms with van der Waals surface area (Å²) in [6, 6.07) is 1.45. The number of carboxylic acids is 1. The molecule has 0 aliphatic rings. The van der Waals surface area contributed by atoms with Crippen molar-refractivity contribution in [3.05, 3.63) is 23.1 Å². The summed E-state index contributed by atoms with van der Waals surface area (Å²) in [6.45, 7) is 3.76. The SMILES string of the molecule is Cc1nn(C)c(C)c1-c1cc(C(=O)[O-])[nH]n1. The Morgan fingerprint density at radius 3 is 2.62 bits per heavy atom. The van der Waals surface area contributed by atoms with Crippen molar-refractivity contribution in [3.63, 3.8) is 0 Å². The first-order chi connectivity index (χ1) is 7.50. The number of hydrogen-bond donors (Lipinski definition) is 1. The molecule has 84 valence electrons. The van der Waals surface area contributed by atoms with Gasteiger partial charge in [0.2, 0.25) is 0 Å². The fraction of sp³-hybridized carbons (Fsp3) is 0.300. The molecule has 0 atom stereocenters. The molecule has 0 spiro atoms. The maximum absolute atomic E-state index is 10.6. The molecule has 0 aliphatic heterocycles. The number of H-pyrrole nitrogens is 1. The van der Waals surface area contributed by atoms with Gasteiger partial charge in [0, 0.05) is 18.3 Å². The van der Waals surface area contributed by atoms with Crippen LogP contribution in [0.4, 0.5) is 0 Å². The van der Waals surface area contributed by atoms with Crippen LogP contribution in [-0.2, 0) is 7.05 Å². The van der Waals surface area contributed by atoms with Crippen molar-refractivity contribution in [2.75, 3.05) is 0 Å². The molecule has 2 rings (SSSR count). The van der Waals surface area contributed by atoms with Gasteiger partial charge in [-0.2, -0.15) is 10.2 Å². The van der Waals surface area contributed by atoms with E-state index in [0.29, 0.717) is 5.69 Å². The van der Waals surface area contributed by atoms with E-state index in [1.807, 2.05) is 20.9 Å². The molecule has 2 aromatic rings. The van der Waals surface area contributed by atoms with Crippen molar-refractivity contribution in [3.8, 4) is 11.3 Å². The highest BCUT2D eigenvalue weighted by Gasteiger charge is 2.14. The molecule has 2 aromatic heterocycles. The first kappa shape index (κ1) is 10.4. The summed E-state index contributed by atoms with van der Waals surface area (Å²) in [5, 5.41) is 21.2. The first-order valence-electron chi connectivity index (χ1n) is 4.78. The zero-order chi connectivity index (χ0) is 11.9. The van der Waals surface area contributed by atoms with Gasteiger partial charge < -0.3 is 9.90 Å². The lowest BCUT2D eigenvalue weighted by atomic mass is 10.1. The highest BCUT2D eigenvalue weighted by Crippen LogP contribution is 2.24. The van der Waals surface area contributed by atoms with E-state index in [1.165, 1.54) is 6.07 Å². The van der Waals surface area contributed by atoms with Gasteiger partial charge in [-0.25, -0.2) is 0 Å². The molecule has 0 unspecified atom stereocenters. The molecule has 0 bridgehead atoms. The molecule has 0 aromatic carbocycles. The van der Waals surface area contributed by atoms with Gasteiger partial charge in [0.1, 0.15) is 0 Å². The average molecular weight is 219 g/mol. The molecule has 0 amide bonds. The van der Waals surface area contributed by atoms with Crippen LogP contribution >= 0.6 is 0 Å². The van der Waals surface area contributed by atoms with Crippen LogP contribution in [-0.4, -0.2) is 25.9 Å². The van der Waals surface area contributed by atoms with E-state index in [4.69, 9.17) is 0 Å². The van der Waals surface area contributed by atoms with E-state index in [2.05, 4.69) is 15.3 Å². The Hall–Kier alpha value is -2.11. The van der Waals surface area contributed by atoms with Gasteiger partial charge in [-0.05, 0) is 19.9 Å². The predicted octanol–water partition coefficient (Wildman–Crippen LogP) is -0.209. The quantitative estimate of drug-likeness (QED) is 0.757. The molecular formula is C10H11N4O2-. The van der Waals surface area contributed by atoms with E-state index >= 15 is 0 Å². The molecular weight excluding hydrogens is 208 g/mol. The number of nitrogens with one attached hydrogen (secondary N) is 1. The Morgan fingerprint density at radius 1 is 1.50 bits per heavy atom. The summed E-state index contributed by atoms with van der Waals surface area (Å²) >= 11 is 0. The molecule has 16 heavy (non-hydrogen) atoms. The summed E-state index contributed by atoms with van der Waals surface area (Å²) < 4.78 is 1.73. The third kappa shape index (κ3) is 1.48. The van der Waals surface area contributed by atoms with Crippen LogP contribution in [0.2, 0.25) is 0 Å². The fourth-order valence-corrected chi connectivity index (χ4v) is 1.70. The second-order valence-electron chi connectivity index (χ2n) is 3.62. The minimum atomic E-state index is -1.27. The van der Waals surface area contributed by atoms with Crippen LogP contribution in [0, 0.1) is 13.8 Å². The summed E-state index contributed by atoms with van der Waals surface area (Å²) in [4.78, 5) is 10.6. The third-order valence-corrected chi connectivity index (χ3v) is 2.56. The van der Waals surface area contributed by atoms with Crippen molar-refractivity contribution in [2.45, 2.75) is 13.8 Å². The zero-order valence-electron chi connectivity index (χ0n) is 9.24. The Kier molecular flexibility index (Phi) is 2.26. The number of aromatic nitrogens is 4. The minimum Gasteiger partial charge on any atom is -0.543 e. The summed E-state index contributed by atoms with van der Waals surface area (Å²) in [5.41, 5.74) is 3.15. The minimum absolute atomic E-state index is 0.0300. The van der Waals surface area contributed by atoms with Crippen LogP contribution in [0.3, 0.4) is 0 Å². The highest BCUT2D eigenvalue weighted by atomic mass is 16.4. The van der Waals surface area contributed by atoms with Crippen LogP contribution in [0.25, 0.3) is 11.3 Å².